The van der Waals surface area contributed by atoms with Crippen LogP contribution in [0, 0.1) is 0 Å². The Balaban J connectivity index is 1.65. The lowest BCUT2D eigenvalue weighted by Gasteiger charge is -2.47. The highest BCUT2D eigenvalue weighted by Crippen LogP contribution is 2.44. The minimum absolute atomic E-state index is 0.0527. The van der Waals surface area contributed by atoms with E-state index in [0.717, 1.165) is 0 Å². The van der Waals surface area contributed by atoms with Crippen LogP contribution in [-0.4, -0.2) is 63.1 Å². The number of carbonyl (C=O) groups is 2. The first-order chi connectivity index (χ1) is 11.9. The Morgan fingerprint density at radius 1 is 1.04 bits per heavy atom. The molecule has 134 valence electrons. The Hall–Kier alpha value is -1.50. The third kappa shape index (κ3) is 2.50. The van der Waals surface area contributed by atoms with E-state index in [-0.39, 0.29) is 23.5 Å². The van der Waals surface area contributed by atoms with Crippen LogP contribution in [0.3, 0.4) is 0 Å². The summed E-state index contributed by atoms with van der Waals surface area (Å²) in [5.74, 6) is -0.428. The molecule has 3 saturated heterocycles. The summed E-state index contributed by atoms with van der Waals surface area (Å²) >= 11 is 12.4. The number of nitrogens with zero attached hydrogens (tertiary/aromatic N) is 2. The molecule has 3 heterocycles. The topological polar surface area (TPSA) is 81.1 Å². The Morgan fingerprint density at radius 3 is 2.52 bits per heavy atom. The maximum absolute atomic E-state index is 12.8. The van der Waals surface area contributed by atoms with Gasteiger partial charge in [-0.2, -0.15) is 0 Å². The SMILES string of the molecule is O=C1[C@H]2C[C@@H](c3c(O)ccc(Cl)c3Cl)CCN2C(=O)C2[C@H](O)CCN12. The van der Waals surface area contributed by atoms with Crippen molar-refractivity contribution in [2.75, 3.05) is 13.1 Å². The molecule has 4 rings (SSSR count). The largest absolute Gasteiger partial charge is 0.508 e. The summed E-state index contributed by atoms with van der Waals surface area (Å²) in [6.07, 6.45) is 0.595. The fraction of sp³-hybridized carbons (Fsp3) is 0.529. The highest BCUT2D eigenvalue weighted by atomic mass is 35.5. The van der Waals surface area contributed by atoms with Gasteiger partial charge in [0.1, 0.15) is 17.8 Å². The number of phenolic OH excluding ortho intramolecular Hbond substituents is 1. The summed E-state index contributed by atoms with van der Waals surface area (Å²) in [5, 5.41) is 20.9. The van der Waals surface area contributed by atoms with Crippen molar-refractivity contribution < 1.29 is 19.8 Å². The molecule has 0 aromatic heterocycles. The Labute approximate surface area is 154 Å². The van der Waals surface area contributed by atoms with Gasteiger partial charge in [-0.25, -0.2) is 0 Å². The summed E-state index contributed by atoms with van der Waals surface area (Å²) in [5.41, 5.74) is 0.539. The molecular weight excluding hydrogens is 367 g/mol. The van der Waals surface area contributed by atoms with Gasteiger partial charge in [0.2, 0.25) is 11.8 Å². The number of halogens is 2. The number of benzene rings is 1. The number of aliphatic hydroxyl groups excluding tert-OH is 1. The normalized spacial score (nSPS) is 32.0. The van der Waals surface area contributed by atoms with Gasteiger partial charge in [0.15, 0.2) is 0 Å². The van der Waals surface area contributed by atoms with Crippen molar-refractivity contribution in [3.63, 3.8) is 0 Å². The molecule has 3 aliphatic rings. The van der Waals surface area contributed by atoms with E-state index in [9.17, 15) is 19.8 Å². The number of aromatic hydroxyl groups is 1. The van der Waals surface area contributed by atoms with Crippen LogP contribution < -0.4 is 0 Å². The van der Waals surface area contributed by atoms with E-state index in [4.69, 9.17) is 23.2 Å². The van der Waals surface area contributed by atoms with Crippen LogP contribution in [0.25, 0.3) is 0 Å². The second-order valence-corrected chi connectivity index (χ2v) is 7.68. The van der Waals surface area contributed by atoms with E-state index in [1.54, 1.807) is 4.90 Å². The predicted molar refractivity (Wildman–Crippen MR) is 91.7 cm³/mol. The molecule has 0 radical (unpaired) electrons. The minimum Gasteiger partial charge on any atom is -0.508 e. The number of fused-ring (bicyclic) bond motifs is 2. The third-order valence-electron chi connectivity index (χ3n) is 5.59. The Bertz CT molecular complexity index is 756. The fourth-order valence-corrected chi connectivity index (χ4v) is 4.83. The number of piperidine rings is 1. The van der Waals surface area contributed by atoms with Crippen LogP contribution in [0.1, 0.15) is 30.7 Å². The van der Waals surface area contributed by atoms with Gasteiger partial charge >= 0.3 is 0 Å². The quantitative estimate of drug-likeness (QED) is 0.772. The third-order valence-corrected chi connectivity index (χ3v) is 6.41. The maximum atomic E-state index is 12.8. The lowest BCUT2D eigenvalue weighted by atomic mass is 9.82. The van der Waals surface area contributed by atoms with E-state index >= 15 is 0 Å². The standard InChI is InChI=1S/C17H18Cl2N2O4/c18-9-1-2-11(22)13(14(9)19)8-3-5-20-10(7-8)16(24)21-6-4-12(23)15(21)17(20)25/h1-2,8,10,12,15,22-23H,3-7H2/t8-,10+,12+,15?/m0/s1. The smallest absolute Gasteiger partial charge is 0.248 e. The molecule has 1 aromatic carbocycles. The zero-order valence-corrected chi connectivity index (χ0v) is 14.9. The molecule has 0 bridgehead atoms. The summed E-state index contributed by atoms with van der Waals surface area (Å²) in [6, 6.07) is 1.70. The van der Waals surface area contributed by atoms with Crippen LogP contribution in [-0.2, 0) is 9.59 Å². The molecular formula is C17H18Cl2N2O4. The average Bonchev–Trinajstić information content (AvgIpc) is 2.98. The van der Waals surface area contributed by atoms with Crippen molar-refractivity contribution in [1.82, 2.24) is 9.80 Å². The monoisotopic (exact) mass is 384 g/mol. The number of hydrogen-bond donors (Lipinski definition) is 2. The Morgan fingerprint density at radius 2 is 1.76 bits per heavy atom. The number of aliphatic hydroxyl groups is 1. The van der Waals surface area contributed by atoms with Crippen LogP contribution >= 0.6 is 23.2 Å². The lowest BCUT2D eigenvalue weighted by Crippen LogP contribution is -2.66. The molecule has 3 fully saturated rings. The first-order valence-corrected chi connectivity index (χ1v) is 9.11. The number of piperazine rings is 1. The molecule has 0 aliphatic carbocycles. The second kappa shape index (κ2) is 6.04. The number of rotatable bonds is 1. The molecule has 2 amide bonds. The number of carbonyl (C=O) groups excluding carboxylic acids is 2. The lowest BCUT2D eigenvalue weighted by molar-refractivity contribution is -0.164. The van der Waals surface area contributed by atoms with Gasteiger partial charge in [-0.15, -0.1) is 0 Å². The van der Waals surface area contributed by atoms with Crippen molar-refractivity contribution in [3.8, 4) is 5.75 Å². The number of phenols is 1. The van der Waals surface area contributed by atoms with Crippen molar-refractivity contribution in [2.24, 2.45) is 0 Å². The molecule has 0 spiro atoms. The average molecular weight is 385 g/mol. The van der Waals surface area contributed by atoms with E-state index < -0.39 is 18.2 Å². The molecule has 1 aromatic rings. The maximum Gasteiger partial charge on any atom is 0.248 e. The molecule has 4 atom stereocenters. The first-order valence-electron chi connectivity index (χ1n) is 8.36. The van der Waals surface area contributed by atoms with E-state index in [0.29, 0.717) is 48.0 Å². The summed E-state index contributed by atoms with van der Waals surface area (Å²) in [7, 11) is 0. The van der Waals surface area contributed by atoms with Crippen molar-refractivity contribution in [1.29, 1.82) is 0 Å². The fourth-order valence-electron chi connectivity index (χ4n) is 4.35. The minimum atomic E-state index is -0.790. The molecule has 25 heavy (non-hydrogen) atoms. The zero-order valence-electron chi connectivity index (χ0n) is 13.4. The highest BCUT2D eigenvalue weighted by Gasteiger charge is 2.53. The number of amides is 2. The summed E-state index contributed by atoms with van der Waals surface area (Å²) in [6.45, 7) is 0.786. The van der Waals surface area contributed by atoms with Crippen molar-refractivity contribution in [2.45, 2.75) is 43.4 Å². The van der Waals surface area contributed by atoms with Crippen molar-refractivity contribution in [3.05, 3.63) is 27.7 Å². The molecule has 6 nitrogen and oxygen atoms in total. The predicted octanol–water partition coefficient (Wildman–Crippen LogP) is 1.75. The van der Waals surface area contributed by atoms with Crippen LogP contribution in [0.2, 0.25) is 10.0 Å². The van der Waals surface area contributed by atoms with Crippen LogP contribution in [0.5, 0.6) is 5.75 Å². The molecule has 1 unspecified atom stereocenters. The number of hydrogen-bond acceptors (Lipinski definition) is 4. The molecule has 2 N–H and O–H groups in total. The van der Waals surface area contributed by atoms with Gasteiger partial charge in [0.25, 0.3) is 0 Å². The van der Waals surface area contributed by atoms with E-state index in [1.165, 1.54) is 17.0 Å². The van der Waals surface area contributed by atoms with Gasteiger partial charge in [-0.05, 0) is 37.3 Å². The summed E-state index contributed by atoms with van der Waals surface area (Å²) in [4.78, 5) is 28.6. The van der Waals surface area contributed by atoms with Gasteiger partial charge in [0.05, 0.1) is 16.1 Å². The second-order valence-electron chi connectivity index (χ2n) is 6.90. The van der Waals surface area contributed by atoms with Gasteiger partial charge in [0, 0.05) is 18.7 Å². The molecule has 8 heteroatoms. The van der Waals surface area contributed by atoms with Crippen LogP contribution in [0.4, 0.5) is 0 Å². The summed E-state index contributed by atoms with van der Waals surface area (Å²) < 4.78 is 0. The van der Waals surface area contributed by atoms with Crippen molar-refractivity contribution >= 4 is 35.0 Å². The van der Waals surface area contributed by atoms with Gasteiger partial charge < -0.3 is 20.0 Å². The van der Waals surface area contributed by atoms with Crippen LogP contribution in [0.15, 0.2) is 12.1 Å². The van der Waals surface area contributed by atoms with Gasteiger partial charge in [-0.1, -0.05) is 23.2 Å². The molecule has 0 saturated carbocycles. The molecule has 3 aliphatic heterocycles. The van der Waals surface area contributed by atoms with E-state index in [2.05, 4.69) is 0 Å². The van der Waals surface area contributed by atoms with E-state index in [1.807, 2.05) is 0 Å². The van der Waals surface area contributed by atoms with Gasteiger partial charge in [-0.3, -0.25) is 9.59 Å². The zero-order chi connectivity index (χ0) is 17.9. The Kier molecular flexibility index (Phi) is 4.09. The first kappa shape index (κ1) is 16.9. The highest BCUT2D eigenvalue weighted by molar-refractivity contribution is 6.42.